The summed E-state index contributed by atoms with van der Waals surface area (Å²) in [7, 11) is 3.53. The maximum absolute atomic E-state index is 12.7. The van der Waals surface area contributed by atoms with Crippen molar-refractivity contribution >= 4 is 6.03 Å². The fourth-order valence-corrected chi connectivity index (χ4v) is 2.82. The number of carbonyl (C=O) groups excluding carboxylic acids is 1. The molecule has 1 N–H and O–H groups in total. The number of benzene rings is 1. The lowest BCUT2D eigenvalue weighted by atomic mass is 10.0. The number of rotatable bonds is 4. The third-order valence-electron chi connectivity index (χ3n) is 4.13. The number of hydrogen-bond acceptors (Lipinski definition) is 4. The first-order valence-electron chi connectivity index (χ1n) is 7.94. The van der Waals surface area contributed by atoms with E-state index in [1.54, 1.807) is 18.2 Å². The Balaban J connectivity index is 1.91. The number of urea groups is 1. The van der Waals surface area contributed by atoms with Gasteiger partial charge in [0.05, 0.1) is 20.3 Å². The fourth-order valence-electron chi connectivity index (χ4n) is 2.82. The number of para-hydroxylation sites is 1. The van der Waals surface area contributed by atoms with Crippen LogP contribution in [0.4, 0.5) is 4.79 Å². The van der Waals surface area contributed by atoms with Gasteiger partial charge in [-0.3, -0.25) is 0 Å². The Hall–Kier alpha value is -2.54. The summed E-state index contributed by atoms with van der Waals surface area (Å²) in [5, 5.41) is 3.09. The molecule has 0 aliphatic carbocycles. The molecule has 1 aliphatic rings. The van der Waals surface area contributed by atoms with Crippen molar-refractivity contribution in [3.63, 3.8) is 0 Å². The summed E-state index contributed by atoms with van der Waals surface area (Å²) in [6, 6.07) is 7.13. The summed E-state index contributed by atoms with van der Waals surface area (Å²) >= 11 is 0. The van der Waals surface area contributed by atoms with Crippen LogP contribution in [-0.4, -0.2) is 53.9 Å². The molecule has 1 aromatic heterocycles. The van der Waals surface area contributed by atoms with Gasteiger partial charge in [0.2, 0.25) is 0 Å². The van der Waals surface area contributed by atoms with Crippen LogP contribution in [-0.2, 0) is 11.8 Å². The Bertz CT molecular complexity index is 695. The topological polar surface area (TPSA) is 68.6 Å². The van der Waals surface area contributed by atoms with Crippen molar-refractivity contribution in [2.75, 3.05) is 33.4 Å². The van der Waals surface area contributed by atoms with Gasteiger partial charge in [0.25, 0.3) is 0 Å². The monoisotopic (exact) mass is 330 g/mol. The fraction of sp³-hybridized carbons (Fsp3) is 0.412. The van der Waals surface area contributed by atoms with Gasteiger partial charge in [-0.1, -0.05) is 18.2 Å². The lowest BCUT2D eigenvalue weighted by Crippen LogP contribution is -2.47. The Morgan fingerprint density at radius 2 is 2.08 bits per heavy atom. The summed E-state index contributed by atoms with van der Waals surface area (Å²) in [5.74, 6) is 1.47. The highest BCUT2D eigenvalue weighted by molar-refractivity contribution is 5.75. The van der Waals surface area contributed by atoms with E-state index in [1.165, 1.54) is 0 Å². The number of nitrogens with one attached hydrogen (secondary N) is 1. The van der Waals surface area contributed by atoms with Crippen molar-refractivity contribution in [1.29, 1.82) is 0 Å². The molecule has 7 nitrogen and oxygen atoms in total. The van der Waals surface area contributed by atoms with E-state index in [-0.39, 0.29) is 6.03 Å². The number of ether oxygens (including phenoxy) is 2. The molecule has 2 amide bonds. The normalized spacial score (nSPS) is 15.8. The Morgan fingerprint density at radius 1 is 1.33 bits per heavy atom. The van der Waals surface area contributed by atoms with E-state index in [1.807, 2.05) is 42.1 Å². The van der Waals surface area contributed by atoms with Gasteiger partial charge in [-0.25, -0.2) is 9.78 Å². The summed E-state index contributed by atoms with van der Waals surface area (Å²) < 4.78 is 12.7. The number of aromatic nitrogens is 2. The molecule has 1 unspecified atom stereocenters. The molecule has 7 heteroatoms. The number of amides is 2. The second-order valence-corrected chi connectivity index (χ2v) is 5.62. The zero-order valence-electron chi connectivity index (χ0n) is 13.9. The highest BCUT2D eigenvalue weighted by atomic mass is 16.5. The smallest absolute Gasteiger partial charge is 0.318 e. The van der Waals surface area contributed by atoms with Crippen molar-refractivity contribution in [2.45, 2.75) is 6.04 Å². The lowest BCUT2D eigenvalue weighted by Gasteiger charge is -2.29. The first kappa shape index (κ1) is 16.3. The second-order valence-electron chi connectivity index (χ2n) is 5.62. The SMILES string of the molecule is COc1ccccc1C(NC(=O)N1CCOCC1)c1nccn1C. The predicted molar refractivity (Wildman–Crippen MR) is 89.0 cm³/mol. The van der Waals surface area contributed by atoms with Crippen LogP contribution >= 0.6 is 0 Å². The summed E-state index contributed by atoms with van der Waals surface area (Å²) in [4.78, 5) is 18.8. The number of nitrogens with zero attached hydrogens (tertiary/aromatic N) is 3. The van der Waals surface area contributed by atoms with E-state index in [0.717, 1.165) is 11.4 Å². The molecule has 1 saturated heterocycles. The molecule has 3 rings (SSSR count). The number of aryl methyl sites for hydroxylation is 1. The molecule has 24 heavy (non-hydrogen) atoms. The van der Waals surface area contributed by atoms with Gasteiger partial charge in [-0.05, 0) is 6.07 Å². The molecule has 0 radical (unpaired) electrons. The van der Waals surface area contributed by atoms with Crippen molar-refractivity contribution < 1.29 is 14.3 Å². The molecular formula is C17H22N4O3. The molecule has 2 aromatic rings. The minimum absolute atomic E-state index is 0.128. The summed E-state index contributed by atoms with van der Waals surface area (Å²) in [6.07, 6.45) is 3.58. The van der Waals surface area contributed by atoms with Gasteiger partial charge in [-0.2, -0.15) is 0 Å². The average molecular weight is 330 g/mol. The van der Waals surface area contributed by atoms with Crippen LogP contribution in [0.1, 0.15) is 17.4 Å². The van der Waals surface area contributed by atoms with Crippen LogP contribution in [0.3, 0.4) is 0 Å². The Labute approximate surface area is 141 Å². The third kappa shape index (κ3) is 3.35. The van der Waals surface area contributed by atoms with Crippen LogP contribution < -0.4 is 10.1 Å². The molecule has 0 saturated carbocycles. The minimum atomic E-state index is -0.392. The third-order valence-corrected chi connectivity index (χ3v) is 4.13. The molecule has 1 aromatic carbocycles. The highest BCUT2D eigenvalue weighted by Gasteiger charge is 2.26. The molecule has 128 valence electrons. The minimum Gasteiger partial charge on any atom is -0.496 e. The summed E-state index contributed by atoms with van der Waals surface area (Å²) in [6.45, 7) is 2.31. The van der Waals surface area contributed by atoms with E-state index in [4.69, 9.17) is 9.47 Å². The first-order chi connectivity index (χ1) is 11.7. The number of imidazole rings is 1. The van der Waals surface area contributed by atoms with E-state index in [9.17, 15) is 4.79 Å². The van der Waals surface area contributed by atoms with Crippen molar-refractivity contribution in [3.05, 3.63) is 48.0 Å². The number of methoxy groups -OCH3 is 1. The predicted octanol–water partition coefficient (Wildman–Crippen LogP) is 1.56. The van der Waals surface area contributed by atoms with Crippen LogP contribution in [0, 0.1) is 0 Å². The molecule has 0 spiro atoms. The number of morpholine rings is 1. The van der Waals surface area contributed by atoms with Crippen LogP contribution in [0.15, 0.2) is 36.7 Å². The maximum Gasteiger partial charge on any atom is 0.318 e. The maximum atomic E-state index is 12.7. The molecule has 2 heterocycles. The standard InChI is InChI=1S/C17H22N4O3/c1-20-8-7-18-16(20)15(13-5-3-4-6-14(13)23-2)19-17(22)21-9-11-24-12-10-21/h3-8,15H,9-12H2,1-2H3,(H,19,22). The van der Waals surface area contributed by atoms with Crippen LogP contribution in [0.5, 0.6) is 5.75 Å². The van der Waals surface area contributed by atoms with Gasteiger partial charge >= 0.3 is 6.03 Å². The van der Waals surface area contributed by atoms with Crippen molar-refractivity contribution in [2.24, 2.45) is 7.05 Å². The van der Waals surface area contributed by atoms with Gasteiger partial charge < -0.3 is 24.3 Å². The van der Waals surface area contributed by atoms with Gasteiger partial charge in [0, 0.05) is 38.1 Å². The number of hydrogen-bond donors (Lipinski definition) is 1. The Morgan fingerprint density at radius 3 is 2.75 bits per heavy atom. The van der Waals surface area contributed by atoms with E-state index >= 15 is 0 Å². The summed E-state index contributed by atoms with van der Waals surface area (Å²) in [5.41, 5.74) is 0.871. The largest absolute Gasteiger partial charge is 0.496 e. The van der Waals surface area contributed by atoms with Crippen LogP contribution in [0.25, 0.3) is 0 Å². The number of carbonyl (C=O) groups is 1. The van der Waals surface area contributed by atoms with Gasteiger partial charge in [-0.15, -0.1) is 0 Å². The van der Waals surface area contributed by atoms with Crippen molar-refractivity contribution in [3.8, 4) is 5.75 Å². The van der Waals surface area contributed by atoms with E-state index in [2.05, 4.69) is 10.3 Å². The zero-order chi connectivity index (χ0) is 16.9. The lowest BCUT2D eigenvalue weighted by molar-refractivity contribution is 0.0527. The zero-order valence-corrected chi connectivity index (χ0v) is 13.9. The molecule has 1 atom stereocenters. The molecule has 1 fully saturated rings. The quantitative estimate of drug-likeness (QED) is 0.924. The average Bonchev–Trinajstić information content (AvgIpc) is 3.06. The molecule has 1 aliphatic heterocycles. The van der Waals surface area contributed by atoms with Crippen LogP contribution in [0.2, 0.25) is 0 Å². The van der Waals surface area contributed by atoms with Crippen molar-refractivity contribution in [1.82, 2.24) is 19.8 Å². The first-order valence-corrected chi connectivity index (χ1v) is 7.94. The second kappa shape index (κ2) is 7.35. The van der Waals surface area contributed by atoms with E-state index < -0.39 is 6.04 Å². The van der Waals surface area contributed by atoms with Gasteiger partial charge in [0.1, 0.15) is 17.6 Å². The molecular weight excluding hydrogens is 308 g/mol. The van der Waals surface area contributed by atoms with E-state index in [0.29, 0.717) is 32.1 Å². The van der Waals surface area contributed by atoms with Gasteiger partial charge in [0.15, 0.2) is 0 Å². The Kier molecular flexibility index (Phi) is 5.00. The highest BCUT2D eigenvalue weighted by Crippen LogP contribution is 2.29. The molecule has 0 bridgehead atoms.